The molecule has 1 unspecified atom stereocenters. The number of imidazole rings is 1. The van der Waals surface area contributed by atoms with E-state index in [1.165, 1.54) is 12.5 Å². The number of piperidine rings is 1. The van der Waals surface area contributed by atoms with E-state index in [0.29, 0.717) is 36.3 Å². The summed E-state index contributed by atoms with van der Waals surface area (Å²) in [6, 6.07) is 2.47. The van der Waals surface area contributed by atoms with Gasteiger partial charge < -0.3 is 29.8 Å². The zero-order valence-electron chi connectivity index (χ0n) is 20.8. The number of likely N-dealkylation sites (tertiary alicyclic amines) is 1. The molecule has 10 nitrogen and oxygen atoms in total. The molecule has 1 amide bonds. The summed E-state index contributed by atoms with van der Waals surface area (Å²) in [6.07, 6.45) is 6.99. The van der Waals surface area contributed by atoms with Gasteiger partial charge in [0.2, 0.25) is 5.91 Å². The van der Waals surface area contributed by atoms with Crippen LogP contribution in [-0.4, -0.2) is 69.5 Å². The summed E-state index contributed by atoms with van der Waals surface area (Å²) in [7, 11) is 2.01. The summed E-state index contributed by atoms with van der Waals surface area (Å²) in [6.45, 7) is 2.61. The Bertz CT molecular complexity index is 1310. The van der Waals surface area contributed by atoms with E-state index in [1.54, 1.807) is 12.1 Å². The van der Waals surface area contributed by atoms with Crippen molar-refractivity contribution in [3.8, 4) is 5.75 Å². The van der Waals surface area contributed by atoms with Gasteiger partial charge in [-0.15, -0.1) is 0 Å². The van der Waals surface area contributed by atoms with Crippen molar-refractivity contribution in [1.82, 2.24) is 20.2 Å². The van der Waals surface area contributed by atoms with E-state index in [9.17, 15) is 19.5 Å². The smallest absolute Gasteiger partial charge is 0.340 e. The standard InChI is InChI=1S/C27H30N4O6/c1-3-4-20(33)30-22(17-12-28-14-29-17)25(34)36-18-7-8-27(35)19-11-15-5-6-16(13-32)23-21(15)26(27,24(18)37-23)9-10-31(19)2/h5-7,12-14,19,22,24,35H,3-4,8-11H2,1-2H3,(H,28,29)(H,30,33)/t19-,22?,24+,26+,27-/m1/s1. The fourth-order valence-electron chi connectivity index (χ4n) is 6.89. The maximum Gasteiger partial charge on any atom is 0.340 e. The molecule has 6 rings (SSSR count). The van der Waals surface area contributed by atoms with Crippen LogP contribution in [0.4, 0.5) is 0 Å². The fraction of sp³-hybridized carbons (Fsp3) is 0.481. The summed E-state index contributed by atoms with van der Waals surface area (Å²) in [5, 5.41) is 15.0. The van der Waals surface area contributed by atoms with Crippen molar-refractivity contribution in [2.75, 3.05) is 13.6 Å². The lowest BCUT2D eigenvalue weighted by molar-refractivity contribution is -0.170. The number of aliphatic hydroxyl groups is 1. The average molecular weight is 507 g/mol. The molecule has 1 saturated heterocycles. The van der Waals surface area contributed by atoms with E-state index >= 15 is 0 Å². The number of aldehydes is 1. The van der Waals surface area contributed by atoms with Gasteiger partial charge >= 0.3 is 5.97 Å². The molecule has 2 bridgehead atoms. The number of ether oxygens (including phenoxy) is 2. The van der Waals surface area contributed by atoms with Crippen molar-refractivity contribution >= 4 is 18.2 Å². The van der Waals surface area contributed by atoms with E-state index in [0.717, 1.165) is 24.0 Å². The second kappa shape index (κ2) is 8.53. The summed E-state index contributed by atoms with van der Waals surface area (Å²) < 4.78 is 12.4. The van der Waals surface area contributed by atoms with Gasteiger partial charge in [-0.05, 0) is 50.6 Å². The van der Waals surface area contributed by atoms with Gasteiger partial charge in [-0.25, -0.2) is 9.78 Å². The van der Waals surface area contributed by atoms with Gasteiger partial charge in [0.1, 0.15) is 11.5 Å². The molecule has 1 spiro atoms. The molecule has 3 N–H and O–H groups in total. The molecule has 5 atom stereocenters. The lowest BCUT2D eigenvalue weighted by atomic mass is 9.50. The Labute approximate surface area is 214 Å². The first kappa shape index (κ1) is 23.9. The highest BCUT2D eigenvalue weighted by Crippen LogP contribution is 2.64. The first-order valence-electron chi connectivity index (χ1n) is 12.7. The van der Waals surface area contributed by atoms with Crippen molar-refractivity contribution < 1.29 is 29.0 Å². The van der Waals surface area contributed by atoms with E-state index in [2.05, 4.69) is 20.2 Å². The minimum atomic E-state index is -1.15. The first-order valence-corrected chi connectivity index (χ1v) is 12.7. The number of aromatic amines is 1. The molecule has 2 aliphatic carbocycles. The van der Waals surface area contributed by atoms with Crippen LogP contribution in [0.3, 0.4) is 0 Å². The molecule has 1 aromatic carbocycles. The van der Waals surface area contributed by atoms with Crippen molar-refractivity contribution in [1.29, 1.82) is 0 Å². The molecule has 1 aromatic heterocycles. The van der Waals surface area contributed by atoms with Crippen LogP contribution in [0.15, 0.2) is 36.5 Å². The molecule has 0 radical (unpaired) electrons. The Morgan fingerprint density at radius 1 is 1.43 bits per heavy atom. The molecule has 37 heavy (non-hydrogen) atoms. The van der Waals surface area contributed by atoms with E-state index < -0.39 is 29.1 Å². The minimum Gasteiger partial charge on any atom is -0.480 e. The van der Waals surface area contributed by atoms with Crippen molar-refractivity contribution in [2.24, 2.45) is 0 Å². The highest BCUT2D eigenvalue weighted by atomic mass is 16.6. The fourth-order valence-corrected chi connectivity index (χ4v) is 6.89. The van der Waals surface area contributed by atoms with E-state index in [-0.39, 0.29) is 30.5 Å². The number of likely N-dealkylation sites (N-methyl/N-ethyl adjacent to an activating group) is 1. The quantitative estimate of drug-likeness (QED) is 0.382. The lowest BCUT2D eigenvalue weighted by Gasteiger charge is -2.61. The second-order valence-corrected chi connectivity index (χ2v) is 10.5. The topological polar surface area (TPSA) is 134 Å². The van der Waals surface area contributed by atoms with Crippen molar-refractivity contribution in [2.45, 2.75) is 68.2 Å². The van der Waals surface area contributed by atoms with Gasteiger partial charge in [-0.3, -0.25) is 9.59 Å². The second-order valence-electron chi connectivity index (χ2n) is 10.5. The number of aromatic nitrogens is 2. The number of carbonyl (C=O) groups is 3. The number of carbonyl (C=O) groups excluding carboxylic acids is 3. The predicted octanol–water partition coefficient (Wildman–Crippen LogP) is 1.70. The third kappa shape index (κ3) is 3.25. The number of esters is 1. The van der Waals surface area contributed by atoms with Crippen LogP contribution in [-0.2, 0) is 26.2 Å². The number of nitrogens with one attached hydrogen (secondary N) is 2. The first-order chi connectivity index (χ1) is 17.8. The highest BCUT2D eigenvalue weighted by molar-refractivity contribution is 5.86. The molecule has 2 aliphatic heterocycles. The summed E-state index contributed by atoms with van der Waals surface area (Å²) >= 11 is 0. The number of rotatable bonds is 7. The monoisotopic (exact) mass is 506 g/mol. The molecule has 4 aliphatic rings. The summed E-state index contributed by atoms with van der Waals surface area (Å²) in [4.78, 5) is 46.8. The largest absolute Gasteiger partial charge is 0.480 e. The van der Waals surface area contributed by atoms with Gasteiger partial charge in [0.05, 0.1) is 34.8 Å². The predicted molar refractivity (Wildman–Crippen MR) is 131 cm³/mol. The van der Waals surface area contributed by atoms with E-state index in [4.69, 9.17) is 9.47 Å². The number of nitrogens with zero attached hydrogens (tertiary/aromatic N) is 2. The van der Waals surface area contributed by atoms with Crippen LogP contribution in [0.1, 0.15) is 65.8 Å². The number of hydrogen-bond acceptors (Lipinski definition) is 8. The van der Waals surface area contributed by atoms with Gasteiger partial charge in [0.15, 0.2) is 18.4 Å². The maximum atomic E-state index is 13.5. The zero-order valence-corrected chi connectivity index (χ0v) is 20.8. The molecular weight excluding hydrogens is 476 g/mol. The summed E-state index contributed by atoms with van der Waals surface area (Å²) in [5.41, 5.74) is 0.703. The van der Waals surface area contributed by atoms with Gasteiger partial charge in [0.25, 0.3) is 0 Å². The minimum absolute atomic E-state index is 0.146. The van der Waals surface area contributed by atoms with Crippen molar-refractivity contribution in [3.05, 3.63) is 58.9 Å². The van der Waals surface area contributed by atoms with Gasteiger partial charge in [-0.1, -0.05) is 13.0 Å². The van der Waals surface area contributed by atoms with Crippen molar-refractivity contribution in [3.63, 3.8) is 0 Å². The number of H-pyrrole nitrogens is 1. The lowest BCUT2D eigenvalue weighted by Crippen LogP contribution is -2.74. The molecule has 3 heterocycles. The van der Waals surface area contributed by atoms with Crippen LogP contribution in [0.2, 0.25) is 0 Å². The molecule has 2 aromatic rings. The Kier molecular flexibility index (Phi) is 5.50. The van der Waals surface area contributed by atoms with Crippen LogP contribution < -0.4 is 10.1 Å². The summed E-state index contributed by atoms with van der Waals surface area (Å²) in [5.74, 6) is -0.213. The van der Waals surface area contributed by atoms with Crippen LogP contribution in [0.25, 0.3) is 0 Å². The maximum absolute atomic E-state index is 13.5. The third-order valence-electron chi connectivity index (χ3n) is 8.60. The normalized spacial score (nSPS) is 30.0. The number of benzene rings is 1. The Morgan fingerprint density at radius 2 is 2.27 bits per heavy atom. The Balaban J connectivity index is 1.40. The van der Waals surface area contributed by atoms with E-state index in [1.807, 2.05) is 20.0 Å². The van der Waals surface area contributed by atoms with Crippen LogP contribution in [0.5, 0.6) is 5.75 Å². The Hall–Kier alpha value is -3.50. The number of hydrogen-bond donors (Lipinski definition) is 3. The zero-order chi connectivity index (χ0) is 25.9. The van der Waals surface area contributed by atoms with Crippen LogP contribution in [0, 0.1) is 0 Å². The third-order valence-corrected chi connectivity index (χ3v) is 8.60. The highest BCUT2D eigenvalue weighted by Gasteiger charge is 2.72. The molecular formula is C27H30N4O6. The molecule has 0 saturated carbocycles. The molecule has 194 valence electrons. The number of amides is 1. The van der Waals surface area contributed by atoms with Gasteiger partial charge in [0, 0.05) is 24.4 Å². The Morgan fingerprint density at radius 3 is 3.00 bits per heavy atom. The van der Waals surface area contributed by atoms with Gasteiger partial charge in [-0.2, -0.15) is 0 Å². The van der Waals surface area contributed by atoms with Crippen LogP contribution >= 0.6 is 0 Å². The molecule has 1 fully saturated rings. The average Bonchev–Trinajstić information content (AvgIpc) is 3.53. The SMILES string of the molecule is CCCC(=O)NC(C(=O)OC1=CC[C@@]2(O)[C@H]3Cc4ccc(C=O)c5c4[C@@]2(CCN3C)[C@H]1O5)c1cnc[nH]1. The molecule has 10 heteroatoms.